The van der Waals surface area contributed by atoms with Crippen LogP contribution in [0.2, 0.25) is 0 Å². The SMILES string of the molecule is COc1ccccc1N=C(Nc1ccccc1)N1CCCC1. The van der Waals surface area contributed by atoms with Crippen molar-refractivity contribution in [2.45, 2.75) is 12.8 Å². The van der Waals surface area contributed by atoms with Crippen LogP contribution in [0.4, 0.5) is 11.4 Å². The topological polar surface area (TPSA) is 36.9 Å². The standard InChI is InChI=1S/C18H21N3O/c1-22-17-12-6-5-11-16(17)20-18(21-13-7-8-14-21)19-15-9-3-2-4-10-15/h2-6,9-12H,7-8,13-14H2,1H3,(H,19,20). The molecule has 22 heavy (non-hydrogen) atoms. The first-order valence-electron chi connectivity index (χ1n) is 7.65. The molecule has 0 aromatic heterocycles. The van der Waals surface area contributed by atoms with Crippen LogP contribution < -0.4 is 10.1 Å². The molecule has 114 valence electrons. The molecule has 3 rings (SSSR count). The third-order valence-electron chi connectivity index (χ3n) is 3.75. The lowest BCUT2D eigenvalue weighted by molar-refractivity contribution is 0.416. The summed E-state index contributed by atoms with van der Waals surface area (Å²) in [5.74, 6) is 1.67. The molecule has 4 nitrogen and oxygen atoms in total. The Kier molecular flexibility index (Phi) is 4.59. The van der Waals surface area contributed by atoms with Crippen molar-refractivity contribution in [2.24, 2.45) is 4.99 Å². The predicted octanol–water partition coefficient (Wildman–Crippen LogP) is 3.89. The Bertz CT molecular complexity index is 634. The number of nitrogens with zero attached hydrogens (tertiary/aromatic N) is 2. The third-order valence-corrected chi connectivity index (χ3v) is 3.75. The van der Waals surface area contributed by atoms with Gasteiger partial charge in [0.25, 0.3) is 0 Å². The molecule has 0 saturated carbocycles. The van der Waals surface area contributed by atoms with Gasteiger partial charge < -0.3 is 15.0 Å². The number of ether oxygens (including phenoxy) is 1. The van der Waals surface area contributed by atoms with Crippen molar-refractivity contribution in [3.8, 4) is 5.75 Å². The van der Waals surface area contributed by atoms with Crippen LogP contribution in [-0.2, 0) is 0 Å². The molecule has 0 aliphatic carbocycles. The van der Waals surface area contributed by atoms with E-state index in [0.29, 0.717) is 0 Å². The maximum Gasteiger partial charge on any atom is 0.203 e. The number of aliphatic imine (C=N–C) groups is 1. The summed E-state index contributed by atoms with van der Waals surface area (Å²) >= 11 is 0. The molecule has 1 aliphatic rings. The first-order chi connectivity index (χ1) is 10.9. The molecular weight excluding hydrogens is 274 g/mol. The van der Waals surface area contributed by atoms with E-state index in [0.717, 1.165) is 36.2 Å². The Morgan fingerprint density at radius 2 is 1.68 bits per heavy atom. The molecule has 0 amide bonds. The highest BCUT2D eigenvalue weighted by atomic mass is 16.5. The monoisotopic (exact) mass is 295 g/mol. The van der Waals surface area contributed by atoms with Crippen LogP contribution in [0.3, 0.4) is 0 Å². The quantitative estimate of drug-likeness (QED) is 0.689. The Hall–Kier alpha value is -2.49. The molecule has 4 heteroatoms. The van der Waals surface area contributed by atoms with E-state index < -0.39 is 0 Å². The minimum atomic E-state index is 0.786. The molecular formula is C18H21N3O. The van der Waals surface area contributed by atoms with E-state index in [-0.39, 0.29) is 0 Å². The normalized spacial score (nSPS) is 15.0. The number of likely N-dealkylation sites (tertiary alicyclic amines) is 1. The number of hydrogen-bond donors (Lipinski definition) is 1. The number of methoxy groups -OCH3 is 1. The second-order valence-electron chi connectivity index (χ2n) is 5.29. The zero-order valence-corrected chi connectivity index (χ0v) is 12.8. The average molecular weight is 295 g/mol. The van der Waals surface area contributed by atoms with Crippen LogP contribution in [0.15, 0.2) is 59.6 Å². The van der Waals surface area contributed by atoms with Crippen LogP contribution in [0.5, 0.6) is 5.75 Å². The first-order valence-corrected chi connectivity index (χ1v) is 7.65. The third kappa shape index (κ3) is 3.39. The van der Waals surface area contributed by atoms with Gasteiger partial charge in [-0.25, -0.2) is 4.99 Å². The fraction of sp³-hybridized carbons (Fsp3) is 0.278. The van der Waals surface area contributed by atoms with E-state index in [1.54, 1.807) is 7.11 Å². The van der Waals surface area contributed by atoms with Gasteiger partial charge in [-0.15, -0.1) is 0 Å². The van der Waals surface area contributed by atoms with E-state index in [2.05, 4.69) is 10.2 Å². The van der Waals surface area contributed by atoms with Crippen molar-refractivity contribution in [3.63, 3.8) is 0 Å². The Balaban J connectivity index is 1.92. The van der Waals surface area contributed by atoms with Gasteiger partial charge in [-0.3, -0.25) is 0 Å². The summed E-state index contributed by atoms with van der Waals surface area (Å²) in [7, 11) is 1.68. The summed E-state index contributed by atoms with van der Waals surface area (Å²) in [6.07, 6.45) is 2.42. The molecule has 1 fully saturated rings. The molecule has 0 radical (unpaired) electrons. The highest BCUT2D eigenvalue weighted by Crippen LogP contribution is 2.27. The van der Waals surface area contributed by atoms with Crippen molar-refractivity contribution in [1.82, 2.24) is 4.90 Å². The first kappa shape index (κ1) is 14.4. The summed E-state index contributed by atoms with van der Waals surface area (Å²) in [5.41, 5.74) is 1.89. The lowest BCUT2D eigenvalue weighted by atomic mass is 10.3. The highest BCUT2D eigenvalue weighted by molar-refractivity contribution is 5.95. The molecule has 1 heterocycles. The summed E-state index contributed by atoms with van der Waals surface area (Å²) < 4.78 is 5.41. The number of anilines is 1. The maximum atomic E-state index is 5.41. The van der Waals surface area contributed by atoms with Crippen molar-refractivity contribution in [1.29, 1.82) is 0 Å². The van der Waals surface area contributed by atoms with Gasteiger partial charge in [-0.1, -0.05) is 30.3 Å². The molecule has 2 aromatic carbocycles. The van der Waals surface area contributed by atoms with Crippen LogP contribution >= 0.6 is 0 Å². The van der Waals surface area contributed by atoms with Gasteiger partial charge in [-0.05, 0) is 37.1 Å². The maximum absolute atomic E-state index is 5.41. The molecule has 0 bridgehead atoms. The second-order valence-corrected chi connectivity index (χ2v) is 5.29. The van der Waals surface area contributed by atoms with Crippen LogP contribution in [0, 0.1) is 0 Å². The van der Waals surface area contributed by atoms with E-state index in [4.69, 9.17) is 9.73 Å². The smallest absolute Gasteiger partial charge is 0.203 e. The summed E-state index contributed by atoms with van der Waals surface area (Å²) in [6, 6.07) is 18.0. The van der Waals surface area contributed by atoms with Gasteiger partial charge in [0.05, 0.1) is 7.11 Å². The number of benzene rings is 2. The summed E-state index contributed by atoms with van der Waals surface area (Å²) in [4.78, 5) is 7.10. The largest absolute Gasteiger partial charge is 0.494 e. The predicted molar refractivity (Wildman–Crippen MR) is 91.0 cm³/mol. The van der Waals surface area contributed by atoms with Crippen LogP contribution in [0.1, 0.15) is 12.8 Å². The lowest BCUT2D eigenvalue weighted by Crippen LogP contribution is -2.33. The summed E-state index contributed by atoms with van der Waals surface area (Å²) in [6.45, 7) is 2.07. The second kappa shape index (κ2) is 6.98. The molecule has 2 aromatic rings. The minimum absolute atomic E-state index is 0.786. The fourth-order valence-corrected chi connectivity index (χ4v) is 2.59. The Morgan fingerprint density at radius 3 is 2.41 bits per heavy atom. The number of para-hydroxylation sites is 3. The number of rotatable bonds is 3. The van der Waals surface area contributed by atoms with Crippen molar-refractivity contribution >= 4 is 17.3 Å². The molecule has 1 saturated heterocycles. The Morgan fingerprint density at radius 1 is 1.00 bits per heavy atom. The Labute approximate surface area is 131 Å². The van der Waals surface area contributed by atoms with E-state index in [1.807, 2.05) is 54.6 Å². The van der Waals surface area contributed by atoms with Crippen molar-refractivity contribution < 1.29 is 4.74 Å². The zero-order chi connectivity index (χ0) is 15.2. The molecule has 0 atom stereocenters. The van der Waals surface area contributed by atoms with Gasteiger partial charge in [0.2, 0.25) is 5.96 Å². The van der Waals surface area contributed by atoms with E-state index >= 15 is 0 Å². The number of nitrogens with one attached hydrogen (secondary N) is 1. The zero-order valence-electron chi connectivity index (χ0n) is 12.8. The molecule has 1 aliphatic heterocycles. The highest BCUT2D eigenvalue weighted by Gasteiger charge is 2.17. The molecule has 1 N–H and O–H groups in total. The number of guanidine groups is 1. The van der Waals surface area contributed by atoms with Crippen LogP contribution in [0.25, 0.3) is 0 Å². The molecule has 0 spiro atoms. The van der Waals surface area contributed by atoms with Crippen molar-refractivity contribution in [2.75, 3.05) is 25.5 Å². The van der Waals surface area contributed by atoms with Gasteiger partial charge >= 0.3 is 0 Å². The summed E-state index contributed by atoms with van der Waals surface area (Å²) in [5, 5.41) is 3.44. The van der Waals surface area contributed by atoms with Crippen molar-refractivity contribution in [3.05, 3.63) is 54.6 Å². The number of hydrogen-bond acceptors (Lipinski definition) is 2. The van der Waals surface area contributed by atoms with E-state index in [1.165, 1.54) is 12.8 Å². The van der Waals surface area contributed by atoms with Gasteiger partial charge in [0, 0.05) is 18.8 Å². The minimum Gasteiger partial charge on any atom is -0.494 e. The fourth-order valence-electron chi connectivity index (χ4n) is 2.59. The lowest BCUT2D eigenvalue weighted by Gasteiger charge is -2.21. The van der Waals surface area contributed by atoms with E-state index in [9.17, 15) is 0 Å². The van der Waals surface area contributed by atoms with Gasteiger partial charge in [0.1, 0.15) is 11.4 Å². The average Bonchev–Trinajstić information content (AvgIpc) is 3.10. The van der Waals surface area contributed by atoms with Crippen LogP contribution in [-0.4, -0.2) is 31.1 Å². The molecule has 0 unspecified atom stereocenters. The van der Waals surface area contributed by atoms with Gasteiger partial charge in [-0.2, -0.15) is 0 Å². The van der Waals surface area contributed by atoms with Gasteiger partial charge in [0.15, 0.2) is 0 Å².